The van der Waals surface area contributed by atoms with Crippen LogP contribution in [0.2, 0.25) is 0 Å². The predicted molar refractivity (Wildman–Crippen MR) is 72.8 cm³/mol. The van der Waals surface area contributed by atoms with Crippen molar-refractivity contribution < 1.29 is 13.2 Å². The molecule has 1 fully saturated rings. The lowest BCUT2D eigenvalue weighted by molar-refractivity contribution is -0.143. The van der Waals surface area contributed by atoms with Gasteiger partial charge in [0.1, 0.15) is 11.9 Å². The summed E-state index contributed by atoms with van der Waals surface area (Å²) in [6.45, 7) is 2.43. The summed E-state index contributed by atoms with van der Waals surface area (Å²) < 4.78 is 36.9. The third kappa shape index (κ3) is 4.60. The molecule has 7 heteroatoms. The molecule has 1 aliphatic rings. The molecule has 0 saturated carbocycles. The monoisotopic (exact) mass is 298 g/mol. The average Bonchev–Trinajstić information content (AvgIpc) is 2.82. The van der Waals surface area contributed by atoms with Crippen molar-refractivity contribution in [2.75, 3.05) is 31.5 Å². The Hall–Kier alpha value is -1.81. The van der Waals surface area contributed by atoms with Gasteiger partial charge in [0.15, 0.2) is 0 Å². The molecule has 0 spiro atoms. The van der Waals surface area contributed by atoms with E-state index in [-0.39, 0.29) is 5.92 Å². The van der Waals surface area contributed by atoms with E-state index in [9.17, 15) is 13.2 Å². The molecule has 0 amide bonds. The first-order valence-electron chi connectivity index (χ1n) is 6.78. The summed E-state index contributed by atoms with van der Waals surface area (Å²) in [4.78, 5) is 5.69. The second-order valence-electron chi connectivity index (χ2n) is 5.33. The summed E-state index contributed by atoms with van der Waals surface area (Å²) in [6, 6.07) is 5.45. The highest BCUT2D eigenvalue weighted by molar-refractivity contribution is 5.42. The first-order chi connectivity index (χ1) is 9.87. The van der Waals surface area contributed by atoms with Gasteiger partial charge >= 0.3 is 6.18 Å². The Morgan fingerprint density at radius 3 is 2.86 bits per heavy atom. The summed E-state index contributed by atoms with van der Waals surface area (Å²) in [6.07, 6.45) is -3.38. The van der Waals surface area contributed by atoms with E-state index < -0.39 is 12.7 Å². The van der Waals surface area contributed by atoms with Crippen molar-refractivity contribution in [3.8, 4) is 6.07 Å². The summed E-state index contributed by atoms with van der Waals surface area (Å²) in [5, 5.41) is 12.0. The number of likely N-dealkylation sites (tertiary alicyclic amines) is 1. The van der Waals surface area contributed by atoms with E-state index in [0.29, 0.717) is 36.7 Å². The van der Waals surface area contributed by atoms with Crippen LogP contribution >= 0.6 is 0 Å². The normalized spacial score (nSPS) is 19.5. The molecule has 0 bridgehead atoms. The number of nitrogens with zero attached hydrogens (tertiary/aromatic N) is 3. The number of hydrogen-bond donors (Lipinski definition) is 1. The Labute approximate surface area is 121 Å². The molecule has 0 aromatic carbocycles. The van der Waals surface area contributed by atoms with Crippen LogP contribution in [0.1, 0.15) is 17.7 Å². The third-order valence-electron chi connectivity index (χ3n) is 3.55. The quantitative estimate of drug-likeness (QED) is 0.928. The summed E-state index contributed by atoms with van der Waals surface area (Å²) >= 11 is 0. The lowest BCUT2D eigenvalue weighted by atomic mass is 10.1. The van der Waals surface area contributed by atoms with Gasteiger partial charge in [0, 0.05) is 13.1 Å². The van der Waals surface area contributed by atoms with Gasteiger partial charge in [-0.2, -0.15) is 18.4 Å². The van der Waals surface area contributed by atoms with Crippen LogP contribution in [-0.4, -0.2) is 42.2 Å². The zero-order chi connectivity index (χ0) is 15.5. The highest BCUT2D eigenvalue weighted by Gasteiger charge is 2.34. The minimum absolute atomic E-state index is 0.185. The fourth-order valence-electron chi connectivity index (χ4n) is 2.50. The molecule has 114 valence electrons. The molecule has 1 aromatic rings. The number of aryl methyl sites for hydroxylation is 1. The molecular weight excluding hydrogens is 281 g/mol. The first-order valence-corrected chi connectivity index (χ1v) is 6.78. The van der Waals surface area contributed by atoms with Gasteiger partial charge < -0.3 is 5.32 Å². The highest BCUT2D eigenvalue weighted by Crippen LogP contribution is 2.23. The van der Waals surface area contributed by atoms with Crippen molar-refractivity contribution >= 4 is 5.82 Å². The van der Waals surface area contributed by atoms with Gasteiger partial charge in [0.25, 0.3) is 0 Å². The van der Waals surface area contributed by atoms with E-state index in [4.69, 9.17) is 5.26 Å². The molecule has 2 heterocycles. The Bertz CT molecular complexity index is 536. The van der Waals surface area contributed by atoms with E-state index in [1.54, 1.807) is 19.1 Å². The van der Waals surface area contributed by atoms with Gasteiger partial charge in [-0.1, -0.05) is 0 Å². The molecule has 2 rings (SSSR count). The number of halogens is 3. The van der Waals surface area contributed by atoms with Crippen molar-refractivity contribution in [3.63, 3.8) is 0 Å². The van der Waals surface area contributed by atoms with Gasteiger partial charge in [0.2, 0.25) is 0 Å². The largest absolute Gasteiger partial charge is 0.401 e. The van der Waals surface area contributed by atoms with Crippen LogP contribution in [0.15, 0.2) is 12.1 Å². The summed E-state index contributed by atoms with van der Waals surface area (Å²) in [5.74, 6) is 0.839. The fourth-order valence-corrected chi connectivity index (χ4v) is 2.50. The van der Waals surface area contributed by atoms with Gasteiger partial charge in [0.05, 0.1) is 17.8 Å². The fraction of sp³-hybridized carbons (Fsp3) is 0.571. The molecule has 1 atom stereocenters. The van der Waals surface area contributed by atoms with Crippen LogP contribution in [0.3, 0.4) is 0 Å². The average molecular weight is 298 g/mol. The number of rotatable bonds is 4. The van der Waals surface area contributed by atoms with Crippen molar-refractivity contribution in [2.45, 2.75) is 19.5 Å². The lowest BCUT2D eigenvalue weighted by Crippen LogP contribution is -2.33. The maximum atomic E-state index is 12.3. The van der Waals surface area contributed by atoms with E-state index in [1.165, 1.54) is 4.90 Å². The van der Waals surface area contributed by atoms with E-state index in [1.807, 2.05) is 6.07 Å². The van der Waals surface area contributed by atoms with Crippen molar-refractivity contribution in [2.24, 2.45) is 5.92 Å². The lowest BCUT2D eigenvalue weighted by Gasteiger charge is -2.18. The topological polar surface area (TPSA) is 52.0 Å². The third-order valence-corrected chi connectivity index (χ3v) is 3.55. The summed E-state index contributed by atoms with van der Waals surface area (Å²) in [7, 11) is 0. The Kier molecular flexibility index (Phi) is 4.68. The molecule has 0 radical (unpaired) electrons. The molecule has 1 aliphatic heterocycles. The predicted octanol–water partition coefficient (Wildman–Crippen LogP) is 2.56. The zero-order valence-corrected chi connectivity index (χ0v) is 11.7. The number of anilines is 1. The SMILES string of the molecule is Cc1nc(NCC2CCN(CC(F)(F)F)C2)ccc1C#N. The second kappa shape index (κ2) is 6.31. The Balaban J connectivity index is 1.82. The van der Waals surface area contributed by atoms with Gasteiger partial charge in [-0.25, -0.2) is 4.98 Å². The molecule has 1 saturated heterocycles. The molecule has 1 aromatic heterocycles. The zero-order valence-electron chi connectivity index (χ0n) is 11.7. The van der Waals surface area contributed by atoms with Crippen molar-refractivity contribution in [1.82, 2.24) is 9.88 Å². The minimum Gasteiger partial charge on any atom is -0.370 e. The van der Waals surface area contributed by atoms with E-state index >= 15 is 0 Å². The van der Waals surface area contributed by atoms with Crippen LogP contribution < -0.4 is 5.32 Å². The van der Waals surface area contributed by atoms with Crippen LogP contribution in [-0.2, 0) is 0 Å². The maximum absolute atomic E-state index is 12.3. The Morgan fingerprint density at radius 1 is 1.48 bits per heavy atom. The molecule has 4 nitrogen and oxygen atoms in total. The van der Waals surface area contributed by atoms with Crippen molar-refractivity contribution in [3.05, 3.63) is 23.4 Å². The van der Waals surface area contributed by atoms with Crippen LogP contribution in [0.5, 0.6) is 0 Å². The van der Waals surface area contributed by atoms with Crippen LogP contribution in [0.4, 0.5) is 19.0 Å². The van der Waals surface area contributed by atoms with Gasteiger partial charge in [-0.05, 0) is 37.9 Å². The number of nitrogens with one attached hydrogen (secondary N) is 1. The van der Waals surface area contributed by atoms with E-state index in [2.05, 4.69) is 10.3 Å². The first kappa shape index (κ1) is 15.6. The van der Waals surface area contributed by atoms with E-state index in [0.717, 1.165) is 6.42 Å². The molecule has 21 heavy (non-hydrogen) atoms. The highest BCUT2D eigenvalue weighted by atomic mass is 19.4. The molecule has 0 aliphatic carbocycles. The van der Waals surface area contributed by atoms with Crippen LogP contribution in [0, 0.1) is 24.2 Å². The summed E-state index contributed by atoms with van der Waals surface area (Å²) in [5.41, 5.74) is 1.17. The molecule has 1 unspecified atom stereocenters. The number of nitriles is 1. The van der Waals surface area contributed by atoms with Gasteiger partial charge in [-0.15, -0.1) is 0 Å². The van der Waals surface area contributed by atoms with Crippen molar-refractivity contribution in [1.29, 1.82) is 5.26 Å². The molecule has 1 N–H and O–H groups in total. The van der Waals surface area contributed by atoms with Gasteiger partial charge in [-0.3, -0.25) is 4.90 Å². The molecular formula is C14H17F3N4. The number of aromatic nitrogens is 1. The Morgan fingerprint density at radius 2 is 2.24 bits per heavy atom. The number of pyridine rings is 1. The second-order valence-corrected chi connectivity index (χ2v) is 5.33. The maximum Gasteiger partial charge on any atom is 0.401 e. The van der Waals surface area contributed by atoms with Crippen LogP contribution in [0.25, 0.3) is 0 Å². The standard InChI is InChI=1S/C14H17F3N4/c1-10-12(6-18)2-3-13(20-10)19-7-11-4-5-21(8-11)9-14(15,16)17/h2-3,11H,4-5,7-9H2,1H3,(H,19,20). The number of hydrogen-bond acceptors (Lipinski definition) is 4. The minimum atomic E-state index is -4.13. The smallest absolute Gasteiger partial charge is 0.370 e. The number of alkyl halides is 3.